The zero-order valence-corrected chi connectivity index (χ0v) is 21.2. The summed E-state index contributed by atoms with van der Waals surface area (Å²) in [4.78, 5) is 7.29. The van der Waals surface area contributed by atoms with Crippen LogP contribution in [0, 0.1) is 0 Å². The summed E-state index contributed by atoms with van der Waals surface area (Å²) < 4.78 is 16.0. The van der Waals surface area contributed by atoms with Crippen molar-refractivity contribution in [3.05, 3.63) is 34.9 Å². The van der Waals surface area contributed by atoms with Crippen molar-refractivity contribution in [1.29, 1.82) is 0 Å². The van der Waals surface area contributed by atoms with E-state index >= 15 is 0 Å². The summed E-state index contributed by atoms with van der Waals surface area (Å²) in [6, 6.07) is 8.28. The van der Waals surface area contributed by atoms with Crippen molar-refractivity contribution in [2.75, 3.05) is 72.9 Å². The number of halogens is 2. The van der Waals surface area contributed by atoms with Crippen molar-refractivity contribution >= 4 is 41.5 Å². The maximum atomic E-state index is 6.08. The lowest BCUT2D eigenvalue weighted by Gasteiger charge is -2.34. The van der Waals surface area contributed by atoms with Gasteiger partial charge in [-0.1, -0.05) is 23.7 Å². The third-order valence-corrected chi connectivity index (χ3v) is 4.95. The Balaban J connectivity index is 0.00000450. The van der Waals surface area contributed by atoms with Gasteiger partial charge in [-0.15, -0.1) is 24.0 Å². The highest BCUT2D eigenvalue weighted by Crippen LogP contribution is 2.24. The molecule has 7 nitrogen and oxygen atoms in total. The third-order valence-electron chi connectivity index (χ3n) is 4.70. The van der Waals surface area contributed by atoms with E-state index in [1.165, 1.54) is 5.56 Å². The van der Waals surface area contributed by atoms with Crippen LogP contribution in [-0.2, 0) is 14.2 Å². The Kier molecular flexibility index (Phi) is 15.5. The van der Waals surface area contributed by atoms with Gasteiger partial charge in [0.2, 0.25) is 0 Å². The number of methoxy groups -OCH3 is 1. The molecule has 1 aromatic rings. The van der Waals surface area contributed by atoms with Gasteiger partial charge >= 0.3 is 0 Å². The number of rotatable bonds is 12. The Morgan fingerprint density at radius 1 is 1.17 bits per heavy atom. The van der Waals surface area contributed by atoms with Crippen LogP contribution in [-0.4, -0.2) is 83.7 Å². The lowest BCUT2D eigenvalue weighted by atomic mass is 10.0. The summed E-state index contributed by atoms with van der Waals surface area (Å²) in [6.45, 7) is 9.67. The molecule has 1 unspecified atom stereocenters. The van der Waals surface area contributed by atoms with Gasteiger partial charge < -0.3 is 24.8 Å². The van der Waals surface area contributed by atoms with E-state index in [-0.39, 0.29) is 30.0 Å². The van der Waals surface area contributed by atoms with Gasteiger partial charge in [0.15, 0.2) is 5.96 Å². The Labute approximate surface area is 202 Å². The summed E-state index contributed by atoms with van der Waals surface area (Å²) in [7, 11) is 1.68. The second-order valence-corrected chi connectivity index (χ2v) is 7.26. The first-order chi connectivity index (χ1) is 14.2. The average molecular weight is 555 g/mol. The van der Waals surface area contributed by atoms with Crippen LogP contribution in [0.3, 0.4) is 0 Å². The fourth-order valence-corrected chi connectivity index (χ4v) is 3.28. The van der Waals surface area contributed by atoms with Gasteiger partial charge in [0.1, 0.15) is 0 Å². The molecule has 1 heterocycles. The van der Waals surface area contributed by atoms with E-state index in [2.05, 4.69) is 34.6 Å². The van der Waals surface area contributed by atoms with Gasteiger partial charge in [0.25, 0.3) is 0 Å². The number of aliphatic imine (C=N–C) groups is 1. The summed E-state index contributed by atoms with van der Waals surface area (Å²) >= 11 is 6.08. The van der Waals surface area contributed by atoms with Gasteiger partial charge in [-0.05, 0) is 31.0 Å². The summed E-state index contributed by atoms with van der Waals surface area (Å²) in [5.41, 5.74) is 1.22. The quantitative estimate of drug-likeness (QED) is 0.179. The molecule has 1 saturated heterocycles. The number of guanidine groups is 1. The van der Waals surface area contributed by atoms with Crippen LogP contribution in [0.25, 0.3) is 0 Å². The van der Waals surface area contributed by atoms with Crippen molar-refractivity contribution in [3.63, 3.8) is 0 Å². The molecule has 2 N–H and O–H groups in total. The molecule has 1 aliphatic rings. The number of nitrogens with zero attached hydrogens (tertiary/aromatic N) is 2. The summed E-state index contributed by atoms with van der Waals surface area (Å²) in [5, 5.41) is 7.47. The predicted molar refractivity (Wildman–Crippen MR) is 133 cm³/mol. The molecule has 172 valence electrons. The normalized spacial score (nSPS) is 16.0. The van der Waals surface area contributed by atoms with Gasteiger partial charge in [0, 0.05) is 44.9 Å². The Hall–Kier alpha value is -0.650. The average Bonchev–Trinajstić information content (AvgIpc) is 2.75. The molecule has 0 aliphatic carbocycles. The lowest BCUT2D eigenvalue weighted by Crippen LogP contribution is -2.42. The van der Waals surface area contributed by atoms with Crippen LogP contribution in [0.4, 0.5) is 0 Å². The van der Waals surface area contributed by atoms with Gasteiger partial charge in [0.05, 0.1) is 39.0 Å². The van der Waals surface area contributed by atoms with E-state index in [1.54, 1.807) is 7.11 Å². The molecule has 1 aliphatic heterocycles. The molecule has 9 heteroatoms. The van der Waals surface area contributed by atoms with E-state index in [0.717, 1.165) is 56.8 Å². The Morgan fingerprint density at radius 2 is 1.90 bits per heavy atom. The molecule has 30 heavy (non-hydrogen) atoms. The van der Waals surface area contributed by atoms with E-state index in [4.69, 9.17) is 30.8 Å². The summed E-state index contributed by atoms with van der Waals surface area (Å²) in [5.74, 6) is 0.830. The van der Waals surface area contributed by atoms with Gasteiger partial charge in [-0.3, -0.25) is 9.89 Å². The number of hydrogen-bond donors (Lipinski definition) is 2. The molecular formula is C21H36ClIN4O3. The monoisotopic (exact) mass is 554 g/mol. The van der Waals surface area contributed by atoms with Crippen LogP contribution in [0.5, 0.6) is 0 Å². The van der Waals surface area contributed by atoms with Crippen LogP contribution in [0.2, 0.25) is 5.02 Å². The minimum absolute atomic E-state index is 0. The number of benzene rings is 1. The summed E-state index contributed by atoms with van der Waals surface area (Å²) in [6.07, 6.45) is 0.915. The maximum Gasteiger partial charge on any atom is 0.191 e. The van der Waals surface area contributed by atoms with Crippen molar-refractivity contribution in [2.24, 2.45) is 4.99 Å². The molecule has 0 spiro atoms. The first kappa shape index (κ1) is 27.4. The molecule has 1 aromatic carbocycles. The first-order valence-corrected chi connectivity index (χ1v) is 10.8. The fourth-order valence-electron chi connectivity index (χ4n) is 3.15. The minimum Gasteiger partial charge on any atom is -0.382 e. The Morgan fingerprint density at radius 3 is 2.57 bits per heavy atom. The van der Waals surface area contributed by atoms with Crippen LogP contribution in [0.15, 0.2) is 29.3 Å². The predicted octanol–water partition coefficient (Wildman–Crippen LogP) is 2.94. The highest BCUT2D eigenvalue weighted by molar-refractivity contribution is 14.0. The van der Waals surface area contributed by atoms with Crippen LogP contribution in [0.1, 0.15) is 24.9 Å². The van der Waals surface area contributed by atoms with Crippen LogP contribution >= 0.6 is 35.6 Å². The van der Waals surface area contributed by atoms with Crippen molar-refractivity contribution in [3.8, 4) is 0 Å². The molecule has 0 aromatic heterocycles. The van der Waals surface area contributed by atoms with Crippen molar-refractivity contribution in [2.45, 2.75) is 19.4 Å². The molecule has 1 fully saturated rings. The van der Waals surface area contributed by atoms with E-state index < -0.39 is 0 Å². The molecule has 0 bridgehead atoms. The van der Waals surface area contributed by atoms with Crippen molar-refractivity contribution < 1.29 is 14.2 Å². The second-order valence-electron chi connectivity index (χ2n) is 6.82. The van der Waals surface area contributed by atoms with E-state index in [0.29, 0.717) is 26.4 Å². The highest BCUT2D eigenvalue weighted by Gasteiger charge is 2.22. The topological polar surface area (TPSA) is 67.4 Å². The smallest absolute Gasteiger partial charge is 0.191 e. The number of morpholine rings is 1. The first-order valence-electron chi connectivity index (χ1n) is 10.4. The molecule has 2 rings (SSSR count). The zero-order chi connectivity index (χ0) is 20.7. The van der Waals surface area contributed by atoms with Crippen molar-refractivity contribution in [1.82, 2.24) is 15.5 Å². The van der Waals surface area contributed by atoms with Gasteiger partial charge in [-0.25, -0.2) is 0 Å². The zero-order valence-electron chi connectivity index (χ0n) is 18.1. The molecule has 0 saturated carbocycles. The fraction of sp³-hybridized carbons (Fsp3) is 0.667. The molecule has 1 atom stereocenters. The molecule has 0 amide bonds. The lowest BCUT2D eigenvalue weighted by molar-refractivity contribution is 0.0179. The minimum atomic E-state index is 0. The molecule has 0 radical (unpaired) electrons. The molecular weight excluding hydrogens is 519 g/mol. The number of ether oxygens (including phenoxy) is 3. The SMILES string of the molecule is CCNC(=NCC(c1ccc(Cl)cc1)N1CCOCC1)NCCCOCCOC.I. The second kappa shape index (κ2) is 17.0. The third kappa shape index (κ3) is 10.6. The van der Waals surface area contributed by atoms with E-state index in [1.807, 2.05) is 12.1 Å². The Bertz CT molecular complexity index is 586. The van der Waals surface area contributed by atoms with Crippen LogP contribution < -0.4 is 10.6 Å². The highest BCUT2D eigenvalue weighted by atomic mass is 127. The number of hydrogen-bond acceptors (Lipinski definition) is 5. The van der Waals surface area contributed by atoms with E-state index in [9.17, 15) is 0 Å². The standard InChI is InChI=1S/C21H35ClN4O3.HI/c1-3-23-21(24-9-4-12-28-16-15-27-2)25-17-20(26-10-13-29-14-11-26)18-5-7-19(22)8-6-18;/h5-8,20H,3-4,9-17H2,1-2H3,(H2,23,24,25);1H. The maximum absolute atomic E-state index is 6.08. The van der Waals surface area contributed by atoms with Gasteiger partial charge in [-0.2, -0.15) is 0 Å². The largest absolute Gasteiger partial charge is 0.382 e. The number of nitrogens with one attached hydrogen (secondary N) is 2.